The van der Waals surface area contributed by atoms with E-state index < -0.39 is 66.2 Å². The molecule has 0 fully saturated rings. The van der Waals surface area contributed by atoms with E-state index in [-0.39, 0.29) is 31.5 Å². The molecular weight excluding hydrogens is 814 g/mol. The second-order valence-electron chi connectivity index (χ2n) is 15.0. The quantitative estimate of drug-likeness (QED) is 0.0112. The van der Waals surface area contributed by atoms with E-state index in [1.165, 1.54) is 89.5 Å². The monoisotopic (exact) mass is 892 g/mol. The minimum atomic E-state index is -4.89. The summed E-state index contributed by atoms with van der Waals surface area (Å²) in [5.74, 6) is -1.44. The number of phosphoric ester groups is 2. The first kappa shape index (κ1) is 57.8. The number of esters is 2. The van der Waals surface area contributed by atoms with Gasteiger partial charge in [-0.05, 0) is 44.6 Å². The maximum atomic E-state index is 12.7. The van der Waals surface area contributed by atoms with E-state index >= 15 is 0 Å². The Labute approximate surface area is 360 Å². The number of carbonyl (C=O) groups excluding carboxylic acids is 3. The molecule has 16 heteroatoms. The van der Waals surface area contributed by atoms with Crippen molar-refractivity contribution in [2.75, 3.05) is 26.4 Å². The van der Waals surface area contributed by atoms with E-state index in [0.29, 0.717) is 6.42 Å². The molecule has 0 radical (unpaired) electrons. The second-order valence-corrected chi connectivity index (χ2v) is 17.7. The highest BCUT2D eigenvalue weighted by atomic mass is 31.2. The van der Waals surface area contributed by atoms with Crippen LogP contribution >= 0.6 is 15.6 Å². The summed E-state index contributed by atoms with van der Waals surface area (Å²) in [7, 11) is -9.75. The molecule has 0 heterocycles. The van der Waals surface area contributed by atoms with Gasteiger partial charge < -0.3 is 29.3 Å². The van der Waals surface area contributed by atoms with Crippen molar-refractivity contribution in [3.8, 4) is 0 Å². The van der Waals surface area contributed by atoms with E-state index in [4.69, 9.17) is 23.8 Å². The molecular formula is C44H78O14P2. The van der Waals surface area contributed by atoms with Crippen LogP contribution in [0.1, 0.15) is 174 Å². The smallest absolute Gasteiger partial charge is 0.462 e. The zero-order valence-corrected chi connectivity index (χ0v) is 38.3. The van der Waals surface area contributed by atoms with Crippen molar-refractivity contribution >= 4 is 33.4 Å². The standard InChI is InChI=1S/C44H78O14P2/c1-3-5-7-9-11-13-15-17-18-20-22-24-26-28-30-34-44(48)58-42(39-57-60(52,53)56-37-41(46)36-55-59(49,50)51)38-54-43(47)35-31-33-40(45)32-29-27-25-23-21-19-16-14-12-10-8-6-4-2/h12,14,19,21,25,27,29,32,41-42,46H,3-11,13,15-18,20,22-24,26,28,30-31,33-39H2,1-2H3,(H,52,53)(H2,49,50,51)/b14-12-,21-19-,27-25-,32-29+/t41-,42+/m0/s1. The van der Waals surface area contributed by atoms with Gasteiger partial charge in [0.25, 0.3) is 0 Å². The number of aliphatic hydroxyl groups is 1. The summed E-state index contributed by atoms with van der Waals surface area (Å²) in [5, 5.41) is 9.74. The van der Waals surface area contributed by atoms with Crippen LogP contribution in [0, 0.1) is 0 Å². The van der Waals surface area contributed by atoms with Crippen LogP contribution in [-0.2, 0) is 46.6 Å². The molecule has 0 aromatic heterocycles. The zero-order valence-electron chi connectivity index (χ0n) is 36.5. The molecule has 60 heavy (non-hydrogen) atoms. The van der Waals surface area contributed by atoms with Crippen LogP contribution in [0.5, 0.6) is 0 Å². The number of ether oxygens (including phenoxy) is 2. The van der Waals surface area contributed by atoms with E-state index in [0.717, 1.165) is 44.9 Å². The highest BCUT2D eigenvalue weighted by Gasteiger charge is 2.28. The maximum Gasteiger partial charge on any atom is 0.472 e. The van der Waals surface area contributed by atoms with Gasteiger partial charge in [0.2, 0.25) is 0 Å². The summed E-state index contributed by atoms with van der Waals surface area (Å²) in [4.78, 5) is 64.9. The lowest BCUT2D eigenvalue weighted by Crippen LogP contribution is -2.30. The van der Waals surface area contributed by atoms with Crippen molar-refractivity contribution in [1.29, 1.82) is 0 Å². The first-order valence-corrected chi connectivity index (χ1v) is 25.3. The van der Waals surface area contributed by atoms with Crippen LogP contribution in [0.25, 0.3) is 0 Å². The molecule has 0 aromatic rings. The molecule has 4 N–H and O–H groups in total. The van der Waals surface area contributed by atoms with Gasteiger partial charge in [-0.2, -0.15) is 0 Å². The minimum Gasteiger partial charge on any atom is -0.462 e. The van der Waals surface area contributed by atoms with Gasteiger partial charge in [0.1, 0.15) is 12.7 Å². The molecule has 14 nitrogen and oxygen atoms in total. The molecule has 0 saturated carbocycles. The lowest BCUT2D eigenvalue weighted by molar-refractivity contribution is -0.161. The van der Waals surface area contributed by atoms with E-state index in [1.807, 2.05) is 6.08 Å². The van der Waals surface area contributed by atoms with Crippen LogP contribution in [0.4, 0.5) is 0 Å². The molecule has 348 valence electrons. The van der Waals surface area contributed by atoms with Gasteiger partial charge in [-0.1, -0.05) is 159 Å². The van der Waals surface area contributed by atoms with Gasteiger partial charge >= 0.3 is 27.6 Å². The third kappa shape index (κ3) is 42.4. The molecule has 0 aliphatic carbocycles. The van der Waals surface area contributed by atoms with Crippen molar-refractivity contribution in [2.45, 2.75) is 187 Å². The van der Waals surface area contributed by atoms with Crippen molar-refractivity contribution in [1.82, 2.24) is 0 Å². The van der Waals surface area contributed by atoms with Gasteiger partial charge in [0, 0.05) is 19.3 Å². The number of aliphatic hydroxyl groups excluding tert-OH is 1. The van der Waals surface area contributed by atoms with Gasteiger partial charge in [0.05, 0.1) is 19.8 Å². The van der Waals surface area contributed by atoms with Gasteiger partial charge in [-0.3, -0.25) is 28.0 Å². The van der Waals surface area contributed by atoms with Crippen molar-refractivity contribution in [2.24, 2.45) is 0 Å². The number of carbonyl (C=O) groups is 3. The van der Waals surface area contributed by atoms with Crippen LogP contribution in [-0.4, -0.2) is 76.1 Å². The molecule has 1 unspecified atom stereocenters. The normalized spacial score (nSPS) is 14.4. The van der Waals surface area contributed by atoms with Crippen molar-refractivity contribution in [3.63, 3.8) is 0 Å². The number of ketones is 1. The number of allylic oxidation sites excluding steroid dienone is 8. The van der Waals surface area contributed by atoms with Gasteiger partial charge in [0.15, 0.2) is 11.9 Å². The third-order valence-corrected chi connectivity index (χ3v) is 10.6. The fraction of sp³-hybridized carbons (Fsp3) is 0.750. The molecule has 0 spiro atoms. The summed E-state index contributed by atoms with van der Waals surface area (Å²) in [6, 6.07) is 0. The lowest BCUT2D eigenvalue weighted by atomic mass is 10.0. The van der Waals surface area contributed by atoms with Crippen molar-refractivity contribution in [3.05, 3.63) is 48.6 Å². The van der Waals surface area contributed by atoms with Crippen LogP contribution in [0.2, 0.25) is 0 Å². The zero-order chi connectivity index (χ0) is 44.6. The Morgan fingerprint density at radius 2 is 1.03 bits per heavy atom. The average Bonchev–Trinajstić information content (AvgIpc) is 3.20. The molecule has 0 aliphatic rings. The Hall–Kier alpha value is -2.25. The summed E-state index contributed by atoms with van der Waals surface area (Å²) in [6.07, 6.45) is 36.8. The Kier molecular flexibility index (Phi) is 38.1. The molecule has 0 saturated heterocycles. The maximum absolute atomic E-state index is 12.7. The summed E-state index contributed by atoms with van der Waals surface area (Å²) in [5.41, 5.74) is 0. The molecule has 3 atom stereocenters. The summed E-state index contributed by atoms with van der Waals surface area (Å²) >= 11 is 0. The Bertz CT molecular complexity index is 1310. The number of hydrogen-bond acceptors (Lipinski definition) is 11. The fourth-order valence-corrected chi connectivity index (χ4v) is 6.93. The predicted molar refractivity (Wildman–Crippen MR) is 235 cm³/mol. The molecule has 0 bridgehead atoms. The number of unbranched alkanes of at least 4 members (excludes halogenated alkanes) is 17. The summed E-state index contributed by atoms with van der Waals surface area (Å²) in [6.45, 7) is 1.47. The van der Waals surface area contributed by atoms with E-state index in [1.54, 1.807) is 12.2 Å². The van der Waals surface area contributed by atoms with Crippen LogP contribution < -0.4 is 0 Å². The fourth-order valence-electron chi connectivity index (χ4n) is 5.77. The highest BCUT2D eigenvalue weighted by Crippen LogP contribution is 2.43. The number of rotatable bonds is 42. The summed E-state index contributed by atoms with van der Waals surface area (Å²) < 4.78 is 47.6. The largest absolute Gasteiger partial charge is 0.472 e. The van der Waals surface area contributed by atoms with Gasteiger partial charge in [-0.15, -0.1) is 0 Å². The highest BCUT2D eigenvalue weighted by molar-refractivity contribution is 7.47. The number of phosphoric acid groups is 2. The molecule has 0 amide bonds. The topological polar surface area (TPSA) is 212 Å². The first-order valence-electron chi connectivity index (χ1n) is 22.3. The predicted octanol–water partition coefficient (Wildman–Crippen LogP) is 10.6. The lowest BCUT2D eigenvalue weighted by Gasteiger charge is -2.20. The molecule has 0 rings (SSSR count). The average molecular weight is 893 g/mol. The van der Waals surface area contributed by atoms with Crippen LogP contribution in [0.3, 0.4) is 0 Å². The minimum absolute atomic E-state index is 0.0835. The Balaban J connectivity index is 4.68. The van der Waals surface area contributed by atoms with E-state index in [2.05, 4.69) is 47.2 Å². The molecule has 0 aromatic carbocycles. The third-order valence-electron chi connectivity index (χ3n) is 9.19. The SMILES string of the molecule is CCCCC/C=C\C/C=C\C/C=C\C=C\C(=O)CCCC(=O)OC[C@H](COP(=O)(O)OC[C@@H](O)COP(=O)(O)O)OC(=O)CCCCCCCCCCCCCCCCC. The van der Waals surface area contributed by atoms with Crippen LogP contribution in [0.15, 0.2) is 48.6 Å². The van der Waals surface area contributed by atoms with E-state index in [9.17, 15) is 33.5 Å². The number of hydrogen-bond donors (Lipinski definition) is 4. The first-order chi connectivity index (χ1) is 28.8. The Morgan fingerprint density at radius 3 is 1.63 bits per heavy atom. The van der Waals surface area contributed by atoms with Crippen molar-refractivity contribution < 1.29 is 66.3 Å². The van der Waals surface area contributed by atoms with Gasteiger partial charge in [-0.25, -0.2) is 9.13 Å². The Morgan fingerprint density at radius 1 is 0.533 bits per heavy atom. The molecule has 0 aliphatic heterocycles. The second kappa shape index (κ2) is 39.6.